The molecule has 0 amide bonds. The number of alkyl halides is 3. The van der Waals surface area contributed by atoms with Gasteiger partial charge in [-0.1, -0.05) is 0 Å². The van der Waals surface area contributed by atoms with Crippen molar-refractivity contribution in [2.75, 3.05) is 5.73 Å². The van der Waals surface area contributed by atoms with E-state index in [1.807, 2.05) is 0 Å². The number of nitrogens with two attached hydrogens (primary N) is 1. The Hall–Kier alpha value is -1.96. The van der Waals surface area contributed by atoms with Gasteiger partial charge in [-0.25, -0.2) is 4.39 Å². The normalized spacial score (nSPS) is 13.1. The van der Waals surface area contributed by atoms with Crippen molar-refractivity contribution in [3.05, 3.63) is 53.6 Å². The molecule has 0 spiro atoms. The number of anilines is 1. The number of pyridine rings is 1. The third kappa shape index (κ3) is 3.78. The minimum Gasteiger partial charge on any atom is -0.398 e. The lowest BCUT2D eigenvalue weighted by Gasteiger charge is -2.10. The summed E-state index contributed by atoms with van der Waals surface area (Å²) in [5, 5.41) is 0. The number of benzene rings is 1. The van der Waals surface area contributed by atoms with Crippen LogP contribution in [0.1, 0.15) is 11.1 Å². The first-order valence-corrected chi connectivity index (χ1v) is 7.04. The number of nitrogens with zero attached hydrogens (tertiary/aromatic N) is 1. The third-order valence-electron chi connectivity index (χ3n) is 2.64. The summed E-state index contributed by atoms with van der Waals surface area (Å²) >= 11 is 0. The highest BCUT2D eigenvalue weighted by atomic mass is 32.2. The Balaban J connectivity index is 2.24. The van der Waals surface area contributed by atoms with Crippen molar-refractivity contribution in [3.8, 4) is 0 Å². The van der Waals surface area contributed by atoms with Crippen LogP contribution in [0.4, 0.5) is 23.2 Å². The molecular weight excluding hydrogens is 308 g/mol. The molecule has 0 fully saturated rings. The van der Waals surface area contributed by atoms with Crippen molar-refractivity contribution in [2.45, 2.75) is 16.8 Å². The van der Waals surface area contributed by atoms with E-state index in [0.717, 1.165) is 30.5 Å². The number of halogens is 4. The van der Waals surface area contributed by atoms with Crippen LogP contribution >= 0.6 is 0 Å². The molecule has 1 unspecified atom stereocenters. The summed E-state index contributed by atoms with van der Waals surface area (Å²) < 4.78 is 62.6. The average molecular weight is 318 g/mol. The van der Waals surface area contributed by atoms with Gasteiger partial charge in [-0.2, -0.15) is 13.2 Å². The van der Waals surface area contributed by atoms with Gasteiger partial charge in [0.15, 0.2) is 0 Å². The van der Waals surface area contributed by atoms with Gasteiger partial charge in [0.05, 0.1) is 33.2 Å². The van der Waals surface area contributed by atoms with Gasteiger partial charge in [0.1, 0.15) is 5.82 Å². The number of hydrogen-bond donors (Lipinski definition) is 1. The lowest BCUT2D eigenvalue weighted by atomic mass is 10.2. The van der Waals surface area contributed by atoms with Crippen LogP contribution < -0.4 is 5.73 Å². The summed E-state index contributed by atoms with van der Waals surface area (Å²) in [5.74, 6) is -0.662. The van der Waals surface area contributed by atoms with Crippen molar-refractivity contribution in [3.63, 3.8) is 0 Å². The summed E-state index contributed by atoms with van der Waals surface area (Å²) in [5.41, 5.74) is 4.76. The van der Waals surface area contributed by atoms with Crippen LogP contribution in [0.2, 0.25) is 0 Å². The zero-order valence-electron chi connectivity index (χ0n) is 10.5. The molecule has 0 saturated heterocycles. The van der Waals surface area contributed by atoms with Crippen LogP contribution in [0.3, 0.4) is 0 Å². The first kappa shape index (κ1) is 15.4. The molecule has 112 valence electrons. The minimum atomic E-state index is -4.51. The molecule has 0 bridgehead atoms. The van der Waals surface area contributed by atoms with E-state index in [0.29, 0.717) is 5.56 Å². The number of rotatable bonds is 3. The van der Waals surface area contributed by atoms with Crippen molar-refractivity contribution in [1.29, 1.82) is 0 Å². The molecule has 2 N–H and O–H groups in total. The van der Waals surface area contributed by atoms with Crippen LogP contribution in [0.5, 0.6) is 0 Å². The van der Waals surface area contributed by atoms with Gasteiger partial charge >= 0.3 is 6.18 Å². The maximum absolute atomic E-state index is 13.0. The zero-order valence-corrected chi connectivity index (χ0v) is 11.3. The summed E-state index contributed by atoms with van der Waals surface area (Å²) in [6.45, 7) is 0. The van der Waals surface area contributed by atoms with Crippen molar-refractivity contribution >= 4 is 16.5 Å². The second kappa shape index (κ2) is 5.80. The molecule has 0 aliphatic rings. The SMILES string of the molecule is Nc1cc(C(F)(F)F)ccc1S(=O)Cc1cncc(F)c1. The number of aromatic nitrogens is 1. The van der Waals surface area contributed by atoms with E-state index >= 15 is 0 Å². The molecular formula is C13H10F4N2OS. The number of nitrogen functional groups attached to an aromatic ring is 1. The van der Waals surface area contributed by atoms with Crippen LogP contribution in [-0.2, 0) is 22.7 Å². The van der Waals surface area contributed by atoms with E-state index in [-0.39, 0.29) is 16.3 Å². The predicted molar refractivity (Wildman–Crippen MR) is 70.2 cm³/mol. The Morgan fingerprint density at radius 1 is 1.19 bits per heavy atom. The van der Waals surface area contributed by atoms with E-state index in [1.165, 1.54) is 6.20 Å². The van der Waals surface area contributed by atoms with Crippen molar-refractivity contribution in [1.82, 2.24) is 4.98 Å². The Bertz CT molecular complexity index is 688. The molecule has 1 heterocycles. The Labute approximate surface area is 120 Å². The predicted octanol–water partition coefficient (Wildman–Crippen LogP) is 3.13. The smallest absolute Gasteiger partial charge is 0.398 e. The van der Waals surface area contributed by atoms with Crippen LogP contribution in [-0.4, -0.2) is 9.19 Å². The van der Waals surface area contributed by atoms with E-state index in [1.54, 1.807) is 0 Å². The van der Waals surface area contributed by atoms with Gasteiger partial charge in [0.2, 0.25) is 0 Å². The van der Waals surface area contributed by atoms with Crippen molar-refractivity contribution < 1.29 is 21.8 Å². The molecule has 1 atom stereocenters. The van der Waals surface area contributed by atoms with E-state index in [9.17, 15) is 21.8 Å². The van der Waals surface area contributed by atoms with Crippen molar-refractivity contribution in [2.24, 2.45) is 0 Å². The largest absolute Gasteiger partial charge is 0.416 e. The molecule has 0 saturated carbocycles. The fourth-order valence-corrected chi connectivity index (χ4v) is 2.85. The third-order valence-corrected chi connectivity index (χ3v) is 4.10. The molecule has 1 aromatic carbocycles. The molecule has 8 heteroatoms. The van der Waals surface area contributed by atoms with Gasteiger partial charge in [-0.15, -0.1) is 0 Å². The second-order valence-corrected chi connectivity index (χ2v) is 5.67. The average Bonchev–Trinajstić information content (AvgIpc) is 2.37. The Morgan fingerprint density at radius 2 is 1.90 bits per heavy atom. The fourth-order valence-electron chi connectivity index (χ4n) is 1.70. The molecule has 2 rings (SSSR count). The van der Waals surface area contributed by atoms with E-state index < -0.39 is 28.4 Å². The molecule has 3 nitrogen and oxygen atoms in total. The Morgan fingerprint density at radius 3 is 2.48 bits per heavy atom. The van der Waals surface area contributed by atoms with Crippen LogP contribution in [0.15, 0.2) is 41.6 Å². The minimum absolute atomic E-state index is 0.0762. The summed E-state index contributed by atoms with van der Waals surface area (Å²) in [6.07, 6.45) is -2.18. The standard InChI is InChI=1S/C13H10F4N2OS/c14-10-3-8(5-19-6-10)7-21(20)12-2-1-9(4-11(12)18)13(15,16)17/h1-6H,7,18H2. The first-order chi connectivity index (χ1) is 9.77. The van der Waals surface area contributed by atoms with Gasteiger partial charge in [-0.3, -0.25) is 9.19 Å². The van der Waals surface area contributed by atoms with E-state index in [4.69, 9.17) is 5.73 Å². The zero-order chi connectivity index (χ0) is 15.6. The first-order valence-electron chi connectivity index (χ1n) is 5.72. The fraction of sp³-hybridized carbons (Fsp3) is 0.154. The van der Waals surface area contributed by atoms with E-state index in [2.05, 4.69) is 4.98 Å². The topological polar surface area (TPSA) is 56.0 Å². The maximum atomic E-state index is 13.0. The molecule has 0 radical (unpaired) electrons. The lowest BCUT2D eigenvalue weighted by Crippen LogP contribution is -2.08. The second-order valence-electron chi connectivity index (χ2n) is 4.25. The van der Waals surface area contributed by atoms with Gasteiger partial charge in [0, 0.05) is 11.9 Å². The highest BCUT2D eigenvalue weighted by Gasteiger charge is 2.31. The van der Waals surface area contributed by atoms with Gasteiger partial charge < -0.3 is 5.73 Å². The molecule has 21 heavy (non-hydrogen) atoms. The highest BCUT2D eigenvalue weighted by molar-refractivity contribution is 7.84. The number of hydrogen-bond acceptors (Lipinski definition) is 3. The molecule has 1 aromatic heterocycles. The monoisotopic (exact) mass is 318 g/mol. The van der Waals surface area contributed by atoms with Crippen LogP contribution in [0.25, 0.3) is 0 Å². The summed E-state index contributed by atoms with van der Waals surface area (Å²) in [6, 6.07) is 3.77. The maximum Gasteiger partial charge on any atom is 0.416 e. The molecule has 2 aromatic rings. The Kier molecular flexibility index (Phi) is 4.26. The summed E-state index contributed by atoms with van der Waals surface area (Å²) in [7, 11) is -1.69. The lowest BCUT2D eigenvalue weighted by molar-refractivity contribution is -0.137. The molecule has 0 aliphatic heterocycles. The highest BCUT2D eigenvalue weighted by Crippen LogP contribution is 2.32. The molecule has 0 aliphatic carbocycles. The van der Waals surface area contributed by atoms with Gasteiger partial charge in [-0.05, 0) is 29.8 Å². The van der Waals surface area contributed by atoms with Crippen LogP contribution in [0, 0.1) is 5.82 Å². The summed E-state index contributed by atoms with van der Waals surface area (Å²) in [4.78, 5) is 3.69. The quantitative estimate of drug-likeness (QED) is 0.699. The van der Waals surface area contributed by atoms with Gasteiger partial charge in [0.25, 0.3) is 0 Å².